The Labute approximate surface area is 152 Å². The van der Waals surface area contributed by atoms with Gasteiger partial charge in [-0.15, -0.1) is 0 Å². The summed E-state index contributed by atoms with van der Waals surface area (Å²) in [6.45, 7) is 5.70. The first-order valence-corrected chi connectivity index (χ1v) is 8.47. The average Bonchev–Trinajstić information content (AvgIpc) is 2.55. The van der Waals surface area contributed by atoms with E-state index in [0.717, 1.165) is 5.56 Å². The molecule has 5 nitrogen and oxygen atoms in total. The van der Waals surface area contributed by atoms with Crippen molar-refractivity contribution in [3.05, 3.63) is 64.7 Å². The highest BCUT2D eigenvalue weighted by atomic mass is 35.5. The summed E-state index contributed by atoms with van der Waals surface area (Å²) in [6.07, 6.45) is 0. The molecule has 0 aliphatic heterocycles. The molecule has 1 atom stereocenters. The van der Waals surface area contributed by atoms with E-state index in [1.807, 2.05) is 32.9 Å². The molecule has 2 rings (SSSR count). The van der Waals surface area contributed by atoms with Crippen molar-refractivity contribution in [1.29, 1.82) is 0 Å². The molecule has 0 radical (unpaired) electrons. The largest absolute Gasteiger partial charge is 0.350 e. The highest BCUT2D eigenvalue weighted by Crippen LogP contribution is 2.16. The van der Waals surface area contributed by atoms with Crippen molar-refractivity contribution in [2.24, 2.45) is 0 Å². The lowest BCUT2D eigenvalue weighted by atomic mass is 10.1. The summed E-state index contributed by atoms with van der Waals surface area (Å²) in [4.78, 5) is 24.0. The lowest BCUT2D eigenvalue weighted by Gasteiger charge is -2.15. The third-order valence-electron chi connectivity index (χ3n) is 3.54. The molecule has 0 spiro atoms. The quantitative estimate of drug-likeness (QED) is 0.742. The molecule has 0 aliphatic carbocycles. The molecule has 3 N–H and O–H groups in total. The van der Waals surface area contributed by atoms with E-state index in [-0.39, 0.29) is 24.0 Å². The maximum atomic E-state index is 12.1. The summed E-state index contributed by atoms with van der Waals surface area (Å²) in [6, 6.07) is 13.7. The summed E-state index contributed by atoms with van der Waals surface area (Å²) in [5.74, 6) is -0.137. The standard InChI is InChI=1S/C19H22ClN3O2/c1-12(2)21-18(24)15-6-10-17(11-7-15)23-19(25)22-13(3)14-4-8-16(20)9-5-14/h4-13H,1-3H3,(H,21,24)(H2,22,23,25). The highest BCUT2D eigenvalue weighted by Gasteiger charge is 2.11. The first kappa shape index (κ1) is 18.8. The number of halogens is 1. The summed E-state index contributed by atoms with van der Waals surface area (Å²) >= 11 is 5.86. The van der Waals surface area contributed by atoms with Crippen LogP contribution >= 0.6 is 11.6 Å². The molecule has 0 saturated heterocycles. The van der Waals surface area contributed by atoms with Gasteiger partial charge in [-0.2, -0.15) is 0 Å². The molecule has 0 heterocycles. The van der Waals surface area contributed by atoms with Crippen molar-refractivity contribution in [1.82, 2.24) is 10.6 Å². The number of urea groups is 1. The van der Waals surface area contributed by atoms with E-state index in [0.29, 0.717) is 16.3 Å². The van der Waals surface area contributed by atoms with E-state index in [9.17, 15) is 9.59 Å². The Balaban J connectivity index is 1.91. The lowest BCUT2D eigenvalue weighted by molar-refractivity contribution is 0.0943. The molecule has 132 valence electrons. The second-order valence-corrected chi connectivity index (χ2v) is 6.51. The molecule has 2 aromatic carbocycles. The van der Waals surface area contributed by atoms with Gasteiger partial charge in [-0.05, 0) is 62.7 Å². The van der Waals surface area contributed by atoms with Crippen molar-refractivity contribution in [2.75, 3.05) is 5.32 Å². The van der Waals surface area contributed by atoms with Gasteiger partial charge >= 0.3 is 6.03 Å². The van der Waals surface area contributed by atoms with Crippen LogP contribution in [-0.2, 0) is 0 Å². The number of benzene rings is 2. The number of anilines is 1. The summed E-state index contributed by atoms with van der Waals surface area (Å²) in [5.41, 5.74) is 2.12. The zero-order valence-corrected chi connectivity index (χ0v) is 15.2. The number of rotatable bonds is 5. The van der Waals surface area contributed by atoms with E-state index in [1.165, 1.54) is 0 Å². The molecule has 0 bridgehead atoms. The van der Waals surface area contributed by atoms with Gasteiger partial charge in [0, 0.05) is 22.3 Å². The Hall–Kier alpha value is -2.53. The summed E-state index contributed by atoms with van der Waals surface area (Å²) in [7, 11) is 0. The Morgan fingerprint density at radius 3 is 2.04 bits per heavy atom. The maximum Gasteiger partial charge on any atom is 0.319 e. The van der Waals surface area contributed by atoms with Gasteiger partial charge in [0.2, 0.25) is 0 Å². The number of amides is 3. The molecular formula is C19H22ClN3O2. The smallest absolute Gasteiger partial charge is 0.319 e. The maximum absolute atomic E-state index is 12.1. The minimum Gasteiger partial charge on any atom is -0.350 e. The van der Waals surface area contributed by atoms with Crippen LogP contribution in [0.3, 0.4) is 0 Å². The van der Waals surface area contributed by atoms with Crippen LogP contribution in [0.25, 0.3) is 0 Å². The predicted octanol–water partition coefficient (Wildman–Crippen LogP) is 4.36. The van der Waals surface area contributed by atoms with Crippen molar-refractivity contribution < 1.29 is 9.59 Å². The van der Waals surface area contributed by atoms with Gasteiger partial charge < -0.3 is 16.0 Å². The topological polar surface area (TPSA) is 70.2 Å². The van der Waals surface area contributed by atoms with Crippen LogP contribution in [0.4, 0.5) is 10.5 Å². The number of carbonyl (C=O) groups excluding carboxylic acids is 2. The molecule has 0 fully saturated rings. The van der Waals surface area contributed by atoms with E-state index in [2.05, 4.69) is 16.0 Å². The van der Waals surface area contributed by atoms with Crippen molar-refractivity contribution in [2.45, 2.75) is 32.9 Å². The number of carbonyl (C=O) groups is 2. The number of hydrogen-bond acceptors (Lipinski definition) is 2. The van der Waals surface area contributed by atoms with Crippen LogP contribution in [-0.4, -0.2) is 18.0 Å². The highest BCUT2D eigenvalue weighted by molar-refractivity contribution is 6.30. The van der Waals surface area contributed by atoms with Crippen LogP contribution in [0.15, 0.2) is 48.5 Å². The second-order valence-electron chi connectivity index (χ2n) is 6.08. The fourth-order valence-corrected chi connectivity index (χ4v) is 2.38. The van der Waals surface area contributed by atoms with Gasteiger partial charge in [-0.1, -0.05) is 23.7 Å². The second kappa shape index (κ2) is 8.53. The molecule has 2 aromatic rings. The van der Waals surface area contributed by atoms with Crippen molar-refractivity contribution >= 4 is 29.2 Å². The number of hydrogen-bond donors (Lipinski definition) is 3. The van der Waals surface area contributed by atoms with Crippen LogP contribution in [0, 0.1) is 0 Å². The van der Waals surface area contributed by atoms with Gasteiger partial charge in [0.25, 0.3) is 5.91 Å². The molecule has 1 unspecified atom stereocenters. The van der Waals surface area contributed by atoms with E-state index in [4.69, 9.17) is 11.6 Å². The van der Waals surface area contributed by atoms with E-state index >= 15 is 0 Å². The van der Waals surface area contributed by atoms with E-state index < -0.39 is 0 Å². The van der Waals surface area contributed by atoms with E-state index in [1.54, 1.807) is 36.4 Å². The average molecular weight is 360 g/mol. The van der Waals surface area contributed by atoms with Crippen LogP contribution in [0.5, 0.6) is 0 Å². The first-order chi connectivity index (χ1) is 11.8. The third kappa shape index (κ3) is 5.80. The predicted molar refractivity (Wildman–Crippen MR) is 101 cm³/mol. The monoisotopic (exact) mass is 359 g/mol. The van der Waals surface area contributed by atoms with Crippen LogP contribution in [0.1, 0.15) is 42.7 Å². The van der Waals surface area contributed by atoms with Crippen molar-refractivity contribution in [3.8, 4) is 0 Å². The third-order valence-corrected chi connectivity index (χ3v) is 3.79. The number of nitrogens with one attached hydrogen (secondary N) is 3. The SMILES string of the molecule is CC(C)NC(=O)c1ccc(NC(=O)NC(C)c2ccc(Cl)cc2)cc1. The van der Waals surface area contributed by atoms with Gasteiger partial charge in [-0.3, -0.25) is 4.79 Å². The fourth-order valence-electron chi connectivity index (χ4n) is 2.25. The van der Waals surface area contributed by atoms with Gasteiger partial charge in [0.05, 0.1) is 6.04 Å². The zero-order valence-electron chi connectivity index (χ0n) is 14.5. The minimum atomic E-state index is -0.318. The fraction of sp³-hybridized carbons (Fsp3) is 0.263. The van der Waals surface area contributed by atoms with Gasteiger partial charge in [-0.25, -0.2) is 4.79 Å². The van der Waals surface area contributed by atoms with Crippen molar-refractivity contribution in [3.63, 3.8) is 0 Å². The summed E-state index contributed by atoms with van der Waals surface area (Å²) < 4.78 is 0. The Kier molecular flexibility index (Phi) is 6.42. The normalized spacial score (nSPS) is 11.7. The molecule has 0 saturated carbocycles. The van der Waals surface area contributed by atoms with Crippen LogP contribution in [0.2, 0.25) is 5.02 Å². The minimum absolute atomic E-state index is 0.0745. The Morgan fingerprint density at radius 2 is 1.48 bits per heavy atom. The Bertz CT molecular complexity index is 727. The molecule has 3 amide bonds. The first-order valence-electron chi connectivity index (χ1n) is 8.09. The zero-order chi connectivity index (χ0) is 18.4. The van der Waals surface area contributed by atoms with Gasteiger partial charge in [0.15, 0.2) is 0 Å². The lowest BCUT2D eigenvalue weighted by Crippen LogP contribution is -2.31. The molecule has 6 heteroatoms. The molecular weight excluding hydrogens is 338 g/mol. The Morgan fingerprint density at radius 1 is 0.880 bits per heavy atom. The summed E-state index contributed by atoms with van der Waals surface area (Å²) in [5, 5.41) is 9.08. The molecule has 25 heavy (non-hydrogen) atoms. The van der Waals surface area contributed by atoms with Gasteiger partial charge in [0.1, 0.15) is 0 Å². The molecule has 0 aliphatic rings. The molecule has 0 aromatic heterocycles. The van der Waals surface area contributed by atoms with Crippen LogP contribution < -0.4 is 16.0 Å².